The number of carbonyl (C=O) groups excluding carboxylic acids is 2. The molecule has 0 aliphatic heterocycles. The summed E-state index contributed by atoms with van der Waals surface area (Å²) >= 11 is 0. The van der Waals surface area contributed by atoms with E-state index in [4.69, 9.17) is 5.73 Å². The van der Waals surface area contributed by atoms with Crippen LogP contribution in [0.1, 0.15) is 54.5 Å². The van der Waals surface area contributed by atoms with E-state index in [0.717, 1.165) is 48.2 Å². The molecule has 1 atom stereocenters. The maximum absolute atomic E-state index is 13.6. The van der Waals surface area contributed by atoms with E-state index in [2.05, 4.69) is 30.9 Å². The molecule has 5 rings (SSSR count). The maximum atomic E-state index is 13.6. The van der Waals surface area contributed by atoms with Gasteiger partial charge in [-0.15, -0.1) is 0 Å². The Morgan fingerprint density at radius 2 is 1.89 bits per heavy atom. The molecule has 0 saturated heterocycles. The van der Waals surface area contributed by atoms with Gasteiger partial charge in [0.1, 0.15) is 23.4 Å². The second-order valence-corrected chi connectivity index (χ2v) is 9.66. The fraction of sp³-hybridized carbons (Fsp3) is 0.480. The van der Waals surface area contributed by atoms with Crippen LogP contribution in [0, 0.1) is 31.6 Å². The fourth-order valence-corrected chi connectivity index (χ4v) is 5.13. The van der Waals surface area contributed by atoms with Gasteiger partial charge in [0.05, 0.1) is 5.69 Å². The van der Waals surface area contributed by atoms with Crippen molar-refractivity contribution >= 4 is 23.5 Å². The minimum absolute atomic E-state index is 0.116. The van der Waals surface area contributed by atoms with Crippen LogP contribution in [-0.4, -0.2) is 42.8 Å². The number of aromatic amines is 1. The molecule has 35 heavy (non-hydrogen) atoms. The second-order valence-electron chi connectivity index (χ2n) is 9.66. The van der Waals surface area contributed by atoms with Crippen LogP contribution in [0.25, 0.3) is 11.1 Å². The molecule has 1 unspecified atom stereocenters. The summed E-state index contributed by atoms with van der Waals surface area (Å²) < 4.78 is 1.63. The van der Waals surface area contributed by atoms with Gasteiger partial charge < -0.3 is 16.4 Å². The number of carbonyl (C=O) groups is 2. The molecule has 2 aliphatic rings. The monoisotopic (exact) mass is 476 g/mol. The standard InChI is InChI=1S/C25H32N8O2/c1-4-33-18(11-12-27-33)24(34)30-22(21(15-5-6-15)16-7-8-16)25(35)29-19-10-9-17(23(26)28-19)20-13(2)31-32-14(20)3/h9-12,15-16,21-22H,4-8H2,1-3H3,(H,30,34)(H,31,32)(H3,26,28,29,35). The van der Waals surface area contributed by atoms with E-state index in [-0.39, 0.29) is 17.7 Å². The van der Waals surface area contributed by atoms with Gasteiger partial charge in [0.2, 0.25) is 5.91 Å². The number of anilines is 2. The lowest BCUT2D eigenvalue weighted by atomic mass is 9.88. The van der Waals surface area contributed by atoms with Gasteiger partial charge in [0, 0.05) is 29.6 Å². The largest absolute Gasteiger partial charge is 0.383 e. The number of H-pyrrole nitrogens is 1. The molecular weight excluding hydrogens is 444 g/mol. The molecule has 3 aromatic heterocycles. The van der Waals surface area contributed by atoms with E-state index in [1.807, 2.05) is 26.8 Å². The first-order valence-corrected chi connectivity index (χ1v) is 12.3. The van der Waals surface area contributed by atoms with Crippen LogP contribution in [0.3, 0.4) is 0 Å². The molecule has 10 heteroatoms. The fourth-order valence-electron chi connectivity index (χ4n) is 5.13. The van der Waals surface area contributed by atoms with E-state index in [1.165, 1.54) is 0 Å². The lowest BCUT2D eigenvalue weighted by Crippen LogP contribution is -2.50. The van der Waals surface area contributed by atoms with Crippen molar-refractivity contribution in [1.29, 1.82) is 0 Å². The van der Waals surface area contributed by atoms with Gasteiger partial charge in [0.15, 0.2) is 0 Å². The third-order valence-corrected chi connectivity index (χ3v) is 7.11. The van der Waals surface area contributed by atoms with Crippen molar-refractivity contribution in [1.82, 2.24) is 30.3 Å². The van der Waals surface area contributed by atoms with Gasteiger partial charge in [0.25, 0.3) is 5.91 Å². The smallest absolute Gasteiger partial charge is 0.270 e. The number of nitrogens with two attached hydrogens (primary N) is 1. The summed E-state index contributed by atoms with van der Waals surface area (Å²) in [4.78, 5) is 31.2. The number of amides is 2. The van der Waals surface area contributed by atoms with Gasteiger partial charge in [-0.05, 0) is 82.4 Å². The van der Waals surface area contributed by atoms with Gasteiger partial charge >= 0.3 is 0 Å². The summed E-state index contributed by atoms with van der Waals surface area (Å²) in [5.74, 6) is 1.15. The van der Waals surface area contributed by atoms with E-state index < -0.39 is 6.04 Å². The molecule has 2 amide bonds. The Morgan fingerprint density at radius 3 is 2.46 bits per heavy atom. The predicted molar refractivity (Wildman–Crippen MR) is 132 cm³/mol. The lowest BCUT2D eigenvalue weighted by molar-refractivity contribution is -0.119. The van der Waals surface area contributed by atoms with Gasteiger partial charge in [-0.2, -0.15) is 10.2 Å². The summed E-state index contributed by atoms with van der Waals surface area (Å²) in [5, 5.41) is 17.3. The van der Waals surface area contributed by atoms with Crippen LogP contribution in [0.2, 0.25) is 0 Å². The lowest BCUT2D eigenvalue weighted by Gasteiger charge is -2.27. The molecule has 184 valence electrons. The minimum Gasteiger partial charge on any atom is -0.383 e. The first-order valence-electron chi connectivity index (χ1n) is 12.3. The van der Waals surface area contributed by atoms with Crippen molar-refractivity contribution in [2.24, 2.45) is 17.8 Å². The molecule has 10 nitrogen and oxygen atoms in total. The van der Waals surface area contributed by atoms with Crippen LogP contribution in [0.15, 0.2) is 24.4 Å². The number of aryl methyl sites for hydroxylation is 3. The highest BCUT2D eigenvalue weighted by molar-refractivity contribution is 6.00. The number of nitrogens with zero attached hydrogens (tertiary/aromatic N) is 4. The first kappa shape index (κ1) is 23.1. The number of aromatic nitrogens is 5. The van der Waals surface area contributed by atoms with Crippen LogP contribution in [0.5, 0.6) is 0 Å². The van der Waals surface area contributed by atoms with Crippen LogP contribution < -0.4 is 16.4 Å². The van der Waals surface area contributed by atoms with E-state index in [0.29, 0.717) is 35.7 Å². The summed E-state index contributed by atoms with van der Waals surface area (Å²) in [6.07, 6.45) is 5.98. The van der Waals surface area contributed by atoms with Crippen molar-refractivity contribution in [3.63, 3.8) is 0 Å². The van der Waals surface area contributed by atoms with E-state index in [9.17, 15) is 9.59 Å². The van der Waals surface area contributed by atoms with E-state index >= 15 is 0 Å². The molecule has 2 fully saturated rings. The molecule has 0 radical (unpaired) electrons. The average Bonchev–Trinajstić information content (AvgIpc) is 3.76. The van der Waals surface area contributed by atoms with Crippen LogP contribution >= 0.6 is 0 Å². The zero-order chi connectivity index (χ0) is 24.7. The molecule has 2 saturated carbocycles. The average molecular weight is 477 g/mol. The van der Waals surface area contributed by atoms with Crippen molar-refractivity contribution in [3.8, 4) is 11.1 Å². The van der Waals surface area contributed by atoms with Crippen molar-refractivity contribution in [3.05, 3.63) is 41.5 Å². The molecule has 5 N–H and O–H groups in total. The third-order valence-electron chi connectivity index (χ3n) is 7.11. The summed E-state index contributed by atoms with van der Waals surface area (Å²) in [6, 6.07) is 4.61. The highest BCUT2D eigenvalue weighted by Gasteiger charge is 2.48. The van der Waals surface area contributed by atoms with Crippen molar-refractivity contribution < 1.29 is 9.59 Å². The Kier molecular flexibility index (Phi) is 6.04. The SMILES string of the molecule is CCn1nccc1C(=O)NC(C(=O)Nc1ccc(-c2c(C)n[nH]c2C)c(N)n1)C(C1CC1)C1CC1. The van der Waals surface area contributed by atoms with Gasteiger partial charge in [-0.3, -0.25) is 19.4 Å². The number of hydrogen-bond acceptors (Lipinski definition) is 6. The minimum atomic E-state index is -0.649. The predicted octanol–water partition coefficient (Wildman–Crippen LogP) is 3.06. The quantitative estimate of drug-likeness (QED) is 0.374. The summed E-state index contributed by atoms with van der Waals surface area (Å²) in [6.45, 7) is 6.34. The number of rotatable bonds is 9. The molecule has 0 bridgehead atoms. The second kappa shape index (κ2) is 9.16. The summed E-state index contributed by atoms with van der Waals surface area (Å²) in [7, 11) is 0. The molecule has 3 heterocycles. The van der Waals surface area contributed by atoms with Gasteiger partial charge in [-0.25, -0.2) is 4.98 Å². The normalized spacial score (nSPS) is 16.3. The number of hydrogen-bond donors (Lipinski definition) is 4. The molecule has 3 aromatic rings. The Morgan fingerprint density at radius 1 is 1.17 bits per heavy atom. The third kappa shape index (κ3) is 4.65. The molecular formula is C25H32N8O2. The number of nitrogens with one attached hydrogen (secondary N) is 3. The molecule has 0 spiro atoms. The van der Waals surface area contributed by atoms with Crippen molar-refractivity contribution in [2.75, 3.05) is 11.1 Å². The highest BCUT2D eigenvalue weighted by Crippen LogP contribution is 2.51. The maximum Gasteiger partial charge on any atom is 0.270 e. The Hall–Kier alpha value is -3.69. The van der Waals surface area contributed by atoms with Crippen LogP contribution in [0.4, 0.5) is 11.6 Å². The highest BCUT2D eigenvalue weighted by atomic mass is 16.2. The van der Waals surface area contributed by atoms with Crippen molar-refractivity contribution in [2.45, 2.75) is 59.0 Å². The first-order chi connectivity index (χ1) is 16.9. The van der Waals surface area contributed by atoms with E-state index in [1.54, 1.807) is 23.0 Å². The molecule has 2 aliphatic carbocycles. The molecule has 0 aromatic carbocycles. The topological polar surface area (TPSA) is 144 Å². The Labute approximate surface area is 204 Å². The number of nitrogen functional groups attached to an aromatic ring is 1. The summed E-state index contributed by atoms with van der Waals surface area (Å²) in [5.41, 5.74) is 10.1. The Balaban J connectivity index is 1.38. The number of pyridine rings is 1. The zero-order valence-corrected chi connectivity index (χ0v) is 20.3. The Bertz CT molecular complexity index is 1220. The van der Waals surface area contributed by atoms with Crippen LogP contribution in [-0.2, 0) is 11.3 Å². The zero-order valence-electron chi connectivity index (χ0n) is 20.3. The van der Waals surface area contributed by atoms with Gasteiger partial charge in [-0.1, -0.05) is 0 Å².